The Morgan fingerprint density at radius 3 is 2.57 bits per heavy atom. The van der Waals surface area contributed by atoms with E-state index in [9.17, 15) is 4.79 Å². The van der Waals surface area contributed by atoms with Gasteiger partial charge in [-0.1, -0.05) is 23.7 Å². The molecule has 2 aromatic heterocycles. The van der Waals surface area contributed by atoms with Crippen molar-refractivity contribution >= 4 is 23.2 Å². The molecule has 0 aliphatic heterocycles. The van der Waals surface area contributed by atoms with Crippen LogP contribution in [0, 0.1) is 5.92 Å². The molecule has 1 aliphatic carbocycles. The second kappa shape index (κ2) is 5.66. The molecule has 2 heterocycles. The summed E-state index contributed by atoms with van der Waals surface area (Å²) in [4.78, 5) is 21.1. The van der Waals surface area contributed by atoms with Crippen molar-refractivity contribution in [1.29, 1.82) is 0 Å². The standard InChI is InChI=1S/C17H15ClN4O/c18-13-5-3-12(4-6-13)14(11-1-2-11)21-17(23)15-16-20-8-10-22(16)9-7-19-15/h3-11,14H,1-2H2,(H,21,23)/t14-/m0/s1. The first-order valence-corrected chi connectivity index (χ1v) is 7.94. The monoisotopic (exact) mass is 326 g/mol. The van der Waals surface area contributed by atoms with Crippen LogP contribution in [0.2, 0.25) is 5.02 Å². The predicted octanol–water partition coefficient (Wildman–Crippen LogP) is 3.26. The number of aromatic nitrogens is 3. The highest BCUT2D eigenvalue weighted by atomic mass is 35.5. The first-order chi connectivity index (χ1) is 11.2. The fraction of sp³-hybridized carbons (Fsp3) is 0.235. The zero-order valence-corrected chi connectivity index (χ0v) is 13.1. The van der Waals surface area contributed by atoms with Crippen molar-refractivity contribution in [3.8, 4) is 0 Å². The van der Waals surface area contributed by atoms with E-state index in [-0.39, 0.29) is 11.9 Å². The molecule has 1 saturated carbocycles. The topological polar surface area (TPSA) is 59.3 Å². The SMILES string of the molecule is O=C(N[C@H](c1ccc(Cl)cc1)C1CC1)c1nccn2ccnc12. The summed E-state index contributed by atoms with van der Waals surface area (Å²) in [5.74, 6) is 0.272. The van der Waals surface area contributed by atoms with E-state index in [1.807, 2.05) is 24.3 Å². The van der Waals surface area contributed by atoms with Crippen LogP contribution in [0.3, 0.4) is 0 Å². The number of nitrogens with one attached hydrogen (secondary N) is 1. The van der Waals surface area contributed by atoms with Crippen molar-refractivity contribution < 1.29 is 4.79 Å². The van der Waals surface area contributed by atoms with Gasteiger partial charge in [-0.2, -0.15) is 0 Å². The first kappa shape index (κ1) is 14.2. The second-order valence-corrected chi connectivity index (χ2v) is 6.21. The van der Waals surface area contributed by atoms with Crippen molar-refractivity contribution in [3.05, 3.63) is 65.3 Å². The summed E-state index contributed by atoms with van der Waals surface area (Å²) in [5, 5.41) is 3.81. The van der Waals surface area contributed by atoms with Crippen LogP contribution in [-0.2, 0) is 0 Å². The van der Waals surface area contributed by atoms with Gasteiger partial charge in [0.25, 0.3) is 5.91 Å². The third-order valence-electron chi connectivity index (χ3n) is 4.14. The van der Waals surface area contributed by atoms with Gasteiger partial charge >= 0.3 is 0 Å². The lowest BCUT2D eigenvalue weighted by Crippen LogP contribution is -2.31. The van der Waals surface area contributed by atoms with E-state index in [0.29, 0.717) is 22.3 Å². The van der Waals surface area contributed by atoms with Crippen LogP contribution in [0.5, 0.6) is 0 Å². The number of benzene rings is 1. The Bertz CT molecular complexity index is 854. The number of hydrogen-bond acceptors (Lipinski definition) is 3. The Kier molecular flexibility index (Phi) is 3.50. The van der Waals surface area contributed by atoms with Gasteiger partial charge in [0.1, 0.15) is 0 Å². The molecule has 0 bridgehead atoms. The maximum absolute atomic E-state index is 12.7. The van der Waals surface area contributed by atoms with Gasteiger partial charge in [0.15, 0.2) is 11.3 Å². The molecule has 0 radical (unpaired) electrons. The molecule has 0 saturated heterocycles. The minimum absolute atomic E-state index is 0.0169. The number of halogens is 1. The molecule has 5 nitrogen and oxygen atoms in total. The summed E-state index contributed by atoms with van der Waals surface area (Å²) in [6, 6.07) is 7.62. The van der Waals surface area contributed by atoms with E-state index in [2.05, 4.69) is 15.3 Å². The largest absolute Gasteiger partial charge is 0.343 e. The van der Waals surface area contributed by atoms with Crippen molar-refractivity contribution in [3.63, 3.8) is 0 Å². The molecule has 6 heteroatoms. The van der Waals surface area contributed by atoms with Gasteiger partial charge in [0.05, 0.1) is 6.04 Å². The smallest absolute Gasteiger partial charge is 0.274 e. The minimum atomic E-state index is -0.200. The van der Waals surface area contributed by atoms with Crippen LogP contribution in [-0.4, -0.2) is 20.3 Å². The van der Waals surface area contributed by atoms with Crippen molar-refractivity contribution in [2.75, 3.05) is 0 Å². The average molecular weight is 327 g/mol. The maximum Gasteiger partial charge on any atom is 0.274 e. The van der Waals surface area contributed by atoms with E-state index < -0.39 is 0 Å². The zero-order chi connectivity index (χ0) is 15.8. The van der Waals surface area contributed by atoms with Crippen LogP contribution in [0.25, 0.3) is 5.65 Å². The van der Waals surface area contributed by atoms with Gasteiger partial charge < -0.3 is 9.72 Å². The molecule has 0 spiro atoms. The molecule has 1 atom stereocenters. The molecule has 23 heavy (non-hydrogen) atoms. The number of nitrogens with zero attached hydrogens (tertiary/aromatic N) is 3. The number of carbonyl (C=O) groups excluding carboxylic acids is 1. The summed E-state index contributed by atoms with van der Waals surface area (Å²) >= 11 is 5.96. The normalized spacial score (nSPS) is 15.5. The van der Waals surface area contributed by atoms with Gasteiger partial charge in [-0.3, -0.25) is 4.79 Å². The lowest BCUT2D eigenvalue weighted by Gasteiger charge is -2.18. The zero-order valence-electron chi connectivity index (χ0n) is 12.3. The third-order valence-corrected chi connectivity index (χ3v) is 4.39. The number of hydrogen-bond donors (Lipinski definition) is 1. The second-order valence-electron chi connectivity index (χ2n) is 5.77. The molecule has 0 unspecified atom stereocenters. The van der Waals surface area contributed by atoms with Crippen molar-refractivity contribution in [2.45, 2.75) is 18.9 Å². The van der Waals surface area contributed by atoms with Crippen molar-refractivity contribution in [1.82, 2.24) is 19.7 Å². The van der Waals surface area contributed by atoms with Gasteiger partial charge in [-0.15, -0.1) is 0 Å². The summed E-state index contributed by atoms with van der Waals surface area (Å²) in [6.07, 6.45) is 9.08. The molecular formula is C17H15ClN4O. The van der Waals surface area contributed by atoms with E-state index in [1.165, 1.54) is 0 Å². The Hall–Kier alpha value is -2.40. The van der Waals surface area contributed by atoms with Gasteiger partial charge in [0, 0.05) is 29.8 Å². The highest BCUT2D eigenvalue weighted by Gasteiger charge is 2.34. The number of rotatable bonds is 4. The third kappa shape index (κ3) is 2.80. The van der Waals surface area contributed by atoms with E-state index in [4.69, 9.17) is 11.6 Å². The Morgan fingerprint density at radius 2 is 1.87 bits per heavy atom. The average Bonchev–Trinajstić information content (AvgIpc) is 3.29. The molecule has 1 aromatic carbocycles. The summed E-state index contributed by atoms with van der Waals surface area (Å²) in [5.41, 5.74) is 1.98. The molecular weight excluding hydrogens is 312 g/mol. The summed E-state index contributed by atoms with van der Waals surface area (Å²) in [7, 11) is 0. The molecule has 1 fully saturated rings. The molecule has 1 N–H and O–H groups in total. The molecule has 116 valence electrons. The van der Waals surface area contributed by atoms with Crippen LogP contribution in [0.4, 0.5) is 0 Å². The number of carbonyl (C=O) groups is 1. The van der Waals surface area contributed by atoms with E-state index in [1.54, 1.807) is 29.2 Å². The minimum Gasteiger partial charge on any atom is -0.343 e. The fourth-order valence-corrected chi connectivity index (χ4v) is 2.92. The van der Waals surface area contributed by atoms with Gasteiger partial charge in [-0.05, 0) is 36.5 Å². The van der Waals surface area contributed by atoms with Crippen LogP contribution >= 0.6 is 11.6 Å². The predicted molar refractivity (Wildman–Crippen MR) is 87.4 cm³/mol. The molecule has 1 aliphatic rings. The molecule has 1 amide bonds. The Balaban J connectivity index is 1.63. The van der Waals surface area contributed by atoms with Crippen molar-refractivity contribution in [2.24, 2.45) is 5.92 Å². The maximum atomic E-state index is 12.7. The Morgan fingerprint density at radius 1 is 1.17 bits per heavy atom. The van der Waals surface area contributed by atoms with Crippen LogP contribution in [0.1, 0.15) is 34.9 Å². The molecule has 4 rings (SSSR count). The fourth-order valence-electron chi connectivity index (χ4n) is 2.80. The summed E-state index contributed by atoms with van der Waals surface area (Å²) < 4.78 is 1.79. The molecule has 3 aromatic rings. The summed E-state index contributed by atoms with van der Waals surface area (Å²) in [6.45, 7) is 0. The van der Waals surface area contributed by atoms with Gasteiger partial charge in [-0.25, -0.2) is 9.97 Å². The Labute approximate surface area is 138 Å². The lowest BCUT2D eigenvalue weighted by molar-refractivity contribution is 0.0928. The lowest BCUT2D eigenvalue weighted by atomic mass is 10.0. The van der Waals surface area contributed by atoms with Gasteiger partial charge in [0.2, 0.25) is 0 Å². The number of fused-ring (bicyclic) bond motifs is 1. The number of imidazole rings is 1. The quantitative estimate of drug-likeness (QED) is 0.800. The van der Waals surface area contributed by atoms with Crippen LogP contribution < -0.4 is 5.32 Å². The van der Waals surface area contributed by atoms with Crippen LogP contribution in [0.15, 0.2) is 49.1 Å². The van der Waals surface area contributed by atoms with E-state index >= 15 is 0 Å². The number of amides is 1. The highest BCUT2D eigenvalue weighted by Crippen LogP contribution is 2.41. The van der Waals surface area contributed by atoms with E-state index in [0.717, 1.165) is 18.4 Å². The first-order valence-electron chi connectivity index (χ1n) is 7.56. The highest BCUT2D eigenvalue weighted by molar-refractivity contribution is 6.30.